The van der Waals surface area contributed by atoms with Crippen LogP contribution in [0.1, 0.15) is 40.0 Å². The van der Waals surface area contributed by atoms with Crippen LogP contribution in [0.2, 0.25) is 0 Å². The van der Waals surface area contributed by atoms with Gasteiger partial charge in [0.2, 0.25) is 5.91 Å². The van der Waals surface area contributed by atoms with E-state index in [2.05, 4.69) is 31.4 Å². The highest BCUT2D eigenvalue weighted by atomic mass is 16.5. The molecule has 2 aliphatic rings. The van der Waals surface area contributed by atoms with Crippen LogP contribution in [-0.4, -0.2) is 37.7 Å². The van der Waals surface area contributed by atoms with Crippen molar-refractivity contribution in [3.8, 4) is 0 Å². The van der Waals surface area contributed by atoms with E-state index in [0.29, 0.717) is 6.54 Å². The molecule has 0 aliphatic heterocycles. The van der Waals surface area contributed by atoms with Crippen molar-refractivity contribution in [3.05, 3.63) is 0 Å². The third-order valence-electron chi connectivity index (χ3n) is 5.03. The molecule has 104 valence electrons. The second-order valence-electron chi connectivity index (χ2n) is 6.56. The average molecular weight is 254 g/mol. The number of carbonyl (C=O) groups excluding carboxylic acids is 1. The van der Waals surface area contributed by atoms with E-state index in [4.69, 9.17) is 4.74 Å². The van der Waals surface area contributed by atoms with E-state index in [1.807, 2.05) is 0 Å². The Bertz CT molecular complexity index is 326. The Morgan fingerprint density at radius 2 is 2.00 bits per heavy atom. The number of hydrogen-bond acceptors (Lipinski definition) is 3. The predicted octanol–water partition coefficient (Wildman–Crippen LogP) is 1.31. The van der Waals surface area contributed by atoms with E-state index in [9.17, 15) is 4.79 Å². The van der Waals surface area contributed by atoms with Crippen LogP contribution >= 0.6 is 0 Å². The number of rotatable bonds is 6. The van der Waals surface area contributed by atoms with Crippen LogP contribution in [0.3, 0.4) is 0 Å². The zero-order valence-electron chi connectivity index (χ0n) is 12.0. The maximum Gasteiger partial charge on any atom is 0.234 e. The summed E-state index contributed by atoms with van der Waals surface area (Å²) in [6.45, 7) is 7.84. The highest BCUT2D eigenvalue weighted by Crippen LogP contribution is 2.51. The van der Waals surface area contributed by atoms with E-state index >= 15 is 0 Å². The van der Waals surface area contributed by atoms with Gasteiger partial charge in [0.05, 0.1) is 12.1 Å². The summed E-state index contributed by atoms with van der Waals surface area (Å²) in [7, 11) is 1.75. The van der Waals surface area contributed by atoms with Crippen LogP contribution in [0.15, 0.2) is 0 Å². The number of ether oxygens (including phenoxy) is 1. The Kier molecular flexibility index (Phi) is 3.70. The molecule has 4 nitrogen and oxygen atoms in total. The standard InChI is InChI=1S/C14H26N2O2/c1-13(2)11(7-14(13,3)18-4)16-12(17)9-15-8-10-5-6-10/h10-11,15H,5-9H2,1-4H3,(H,16,17). The second-order valence-corrected chi connectivity index (χ2v) is 6.56. The Balaban J connectivity index is 1.71. The Morgan fingerprint density at radius 3 is 2.50 bits per heavy atom. The van der Waals surface area contributed by atoms with Crippen molar-refractivity contribution in [3.63, 3.8) is 0 Å². The molecule has 2 atom stereocenters. The van der Waals surface area contributed by atoms with Crippen LogP contribution in [0.4, 0.5) is 0 Å². The smallest absolute Gasteiger partial charge is 0.234 e. The average Bonchev–Trinajstić information content (AvgIpc) is 3.12. The highest BCUT2D eigenvalue weighted by molar-refractivity contribution is 5.78. The molecule has 0 spiro atoms. The zero-order chi connectivity index (χ0) is 13.4. The van der Waals surface area contributed by atoms with Crippen LogP contribution in [0, 0.1) is 11.3 Å². The first-order chi connectivity index (χ1) is 8.39. The lowest BCUT2D eigenvalue weighted by molar-refractivity contribution is -0.182. The largest absolute Gasteiger partial charge is 0.378 e. The maximum absolute atomic E-state index is 11.8. The van der Waals surface area contributed by atoms with Gasteiger partial charge in [0, 0.05) is 18.6 Å². The monoisotopic (exact) mass is 254 g/mol. The molecule has 4 heteroatoms. The van der Waals surface area contributed by atoms with Crippen molar-refractivity contribution < 1.29 is 9.53 Å². The van der Waals surface area contributed by atoms with E-state index in [-0.39, 0.29) is 23.0 Å². The van der Waals surface area contributed by atoms with E-state index in [1.165, 1.54) is 12.8 Å². The van der Waals surface area contributed by atoms with Gasteiger partial charge in [0.15, 0.2) is 0 Å². The van der Waals surface area contributed by atoms with Crippen molar-refractivity contribution in [1.29, 1.82) is 0 Å². The fraction of sp³-hybridized carbons (Fsp3) is 0.929. The van der Waals surface area contributed by atoms with Crippen LogP contribution < -0.4 is 10.6 Å². The van der Waals surface area contributed by atoms with Gasteiger partial charge in [-0.25, -0.2) is 0 Å². The lowest BCUT2D eigenvalue weighted by Crippen LogP contribution is -2.69. The highest BCUT2D eigenvalue weighted by Gasteiger charge is 2.58. The van der Waals surface area contributed by atoms with Gasteiger partial charge in [0.1, 0.15) is 0 Å². The van der Waals surface area contributed by atoms with Crippen molar-refractivity contribution in [2.75, 3.05) is 20.2 Å². The molecule has 2 unspecified atom stereocenters. The molecule has 18 heavy (non-hydrogen) atoms. The molecule has 2 rings (SSSR count). The third-order valence-corrected chi connectivity index (χ3v) is 5.03. The van der Waals surface area contributed by atoms with Gasteiger partial charge < -0.3 is 15.4 Å². The molecule has 0 aromatic heterocycles. The third kappa shape index (κ3) is 2.54. The summed E-state index contributed by atoms with van der Waals surface area (Å²) < 4.78 is 5.55. The molecule has 0 aromatic rings. The molecule has 0 aromatic carbocycles. The maximum atomic E-state index is 11.8. The summed E-state index contributed by atoms with van der Waals surface area (Å²) in [5, 5.41) is 6.33. The molecule has 2 aliphatic carbocycles. The summed E-state index contributed by atoms with van der Waals surface area (Å²) >= 11 is 0. The Hall–Kier alpha value is -0.610. The molecule has 2 N–H and O–H groups in total. The minimum Gasteiger partial charge on any atom is -0.378 e. The van der Waals surface area contributed by atoms with Crippen LogP contribution in [0.25, 0.3) is 0 Å². The van der Waals surface area contributed by atoms with Crippen molar-refractivity contribution in [1.82, 2.24) is 10.6 Å². The quantitative estimate of drug-likeness (QED) is 0.751. The van der Waals surface area contributed by atoms with E-state index in [1.54, 1.807) is 7.11 Å². The Morgan fingerprint density at radius 1 is 1.33 bits per heavy atom. The fourth-order valence-corrected chi connectivity index (χ4v) is 2.68. The molecule has 1 amide bonds. The van der Waals surface area contributed by atoms with Gasteiger partial charge in [-0.15, -0.1) is 0 Å². The van der Waals surface area contributed by atoms with Crippen molar-refractivity contribution >= 4 is 5.91 Å². The van der Waals surface area contributed by atoms with E-state index in [0.717, 1.165) is 18.9 Å². The minimum absolute atomic E-state index is 0.00605. The lowest BCUT2D eigenvalue weighted by Gasteiger charge is -2.59. The minimum atomic E-state index is -0.119. The summed E-state index contributed by atoms with van der Waals surface area (Å²) in [4.78, 5) is 11.8. The summed E-state index contributed by atoms with van der Waals surface area (Å²) in [5.74, 6) is 0.918. The lowest BCUT2D eigenvalue weighted by atomic mass is 9.56. The fourth-order valence-electron chi connectivity index (χ4n) is 2.68. The van der Waals surface area contributed by atoms with Gasteiger partial charge >= 0.3 is 0 Å². The first kappa shape index (κ1) is 13.8. The number of hydrogen-bond donors (Lipinski definition) is 2. The van der Waals surface area contributed by atoms with Crippen LogP contribution in [-0.2, 0) is 9.53 Å². The van der Waals surface area contributed by atoms with Crippen LogP contribution in [0.5, 0.6) is 0 Å². The topological polar surface area (TPSA) is 50.4 Å². The number of carbonyl (C=O) groups is 1. The molecule has 0 saturated heterocycles. The van der Waals surface area contributed by atoms with Crippen molar-refractivity contribution in [2.45, 2.75) is 51.7 Å². The number of methoxy groups -OCH3 is 1. The first-order valence-electron chi connectivity index (χ1n) is 6.94. The first-order valence-corrected chi connectivity index (χ1v) is 6.94. The van der Waals surface area contributed by atoms with Gasteiger partial charge in [-0.05, 0) is 38.6 Å². The second kappa shape index (κ2) is 4.82. The predicted molar refractivity (Wildman–Crippen MR) is 71.3 cm³/mol. The SMILES string of the molecule is COC1(C)CC(NC(=O)CNCC2CC2)C1(C)C. The van der Waals surface area contributed by atoms with E-state index < -0.39 is 0 Å². The summed E-state index contributed by atoms with van der Waals surface area (Å²) in [6.07, 6.45) is 3.53. The molecular weight excluding hydrogens is 228 g/mol. The molecule has 0 radical (unpaired) electrons. The van der Waals surface area contributed by atoms with Gasteiger partial charge in [-0.2, -0.15) is 0 Å². The van der Waals surface area contributed by atoms with Crippen molar-refractivity contribution in [2.24, 2.45) is 11.3 Å². The normalized spacial score (nSPS) is 33.9. The molecule has 0 heterocycles. The zero-order valence-corrected chi connectivity index (χ0v) is 12.0. The molecular formula is C14H26N2O2. The Labute approximate surface area is 110 Å². The van der Waals surface area contributed by atoms with Gasteiger partial charge in [-0.1, -0.05) is 13.8 Å². The summed E-state index contributed by atoms with van der Waals surface area (Å²) in [6, 6.07) is 0.220. The molecule has 0 bridgehead atoms. The molecule has 2 fully saturated rings. The number of nitrogens with one attached hydrogen (secondary N) is 2. The molecule has 2 saturated carbocycles. The summed E-state index contributed by atoms with van der Waals surface area (Å²) in [5.41, 5.74) is -0.125. The van der Waals surface area contributed by atoms with Gasteiger partial charge in [0.25, 0.3) is 0 Å². The van der Waals surface area contributed by atoms with Gasteiger partial charge in [-0.3, -0.25) is 4.79 Å². The number of amides is 1.